The first-order valence-corrected chi connectivity index (χ1v) is 6.30. The van der Waals surface area contributed by atoms with Crippen LogP contribution in [-0.4, -0.2) is 35.5 Å². The van der Waals surface area contributed by atoms with Gasteiger partial charge in [0.05, 0.1) is 13.0 Å². The molecule has 0 fully saturated rings. The SMILES string of the molecule is CC(O)C([NH2+]CCC(=O)c1ccc(Cl)cc1)C(=O)[O-]. The van der Waals surface area contributed by atoms with Crippen molar-refractivity contribution in [2.24, 2.45) is 0 Å². The van der Waals surface area contributed by atoms with Crippen LogP contribution in [0.2, 0.25) is 5.02 Å². The summed E-state index contributed by atoms with van der Waals surface area (Å²) in [6, 6.07) is 5.43. The summed E-state index contributed by atoms with van der Waals surface area (Å²) >= 11 is 5.71. The quantitative estimate of drug-likeness (QED) is 0.627. The number of aliphatic hydroxyl groups is 1. The topological polar surface area (TPSA) is 94.0 Å². The monoisotopic (exact) mass is 285 g/mol. The first-order chi connectivity index (χ1) is 8.91. The number of rotatable bonds is 7. The lowest BCUT2D eigenvalue weighted by molar-refractivity contribution is -0.688. The van der Waals surface area contributed by atoms with Crippen molar-refractivity contribution in [2.45, 2.75) is 25.5 Å². The summed E-state index contributed by atoms with van der Waals surface area (Å²) in [6.07, 6.45) is -0.853. The fraction of sp³-hybridized carbons (Fsp3) is 0.385. The van der Waals surface area contributed by atoms with Gasteiger partial charge in [0.15, 0.2) is 11.8 Å². The van der Waals surface area contributed by atoms with E-state index in [1.807, 2.05) is 0 Å². The van der Waals surface area contributed by atoms with Crippen LogP contribution >= 0.6 is 11.6 Å². The number of hydrogen-bond acceptors (Lipinski definition) is 4. The average molecular weight is 286 g/mol. The van der Waals surface area contributed by atoms with Crippen molar-refractivity contribution >= 4 is 23.4 Å². The first-order valence-electron chi connectivity index (χ1n) is 5.93. The van der Waals surface area contributed by atoms with Crippen molar-refractivity contribution in [3.63, 3.8) is 0 Å². The van der Waals surface area contributed by atoms with Crippen molar-refractivity contribution < 1.29 is 25.1 Å². The average Bonchev–Trinajstić information content (AvgIpc) is 2.34. The molecule has 0 amide bonds. The van der Waals surface area contributed by atoms with E-state index in [2.05, 4.69) is 0 Å². The number of Topliss-reactive ketones (excluding diaryl/α,β-unsaturated/α-hetero) is 1. The zero-order valence-electron chi connectivity index (χ0n) is 10.5. The smallest absolute Gasteiger partial charge is 0.168 e. The Labute approximate surface area is 116 Å². The third-order valence-electron chi connectivity index (χ3n) is 2.75. The zero-order valence-corrected chi connectivity index (χ0v) is 11.3. The molecule has 0 spiro atoms. The molecule has 1 rings (SSSR count). The molecule has 2 unspecified atom stereocenters. The molecule has 5 nitrogen and oxygen atoms in total. The fourth-order valence-electron chi connectivity index (χ4n) is 1.66. The molecule has 0 aliphatic rings. The number of aliphatic hydroxyl groups excluding tert-OH is 1. The highest BCUT2D eigenvalue weighted by molar-refractivity contribution is 6.30. The number of carboxylic acid groups (broad SMARTS) is 1. The molecule has 104 valence electrons. The number of halogens is 1. The van der Waals surface area contributed by atoms with Crippen molar-refractivity contribution in [3.05, 3.63) is 34.9 Å². The van der Waals surface area contributed by atoms with E-state index >= 15 is 0 Å². The standard InChI is InChI=1S/C13H16ClNO4/c1-8(16)12(13(18)19)15-7-6-11(17)9-2-4-10(14)5-3-9/h2-5,8,12,15-16H,6-7H2,1H3,(H,18,19). The molecule has 0 aliphatic heterocycles. The summed E-state index contributed by atoms with van der Waals surface area (Å²) in [5.41, 5.74) is 0.528. The molecule has 0 heterocycles. The summed E-state index contributed by atoms with van der Waals surface area (Å²) in [4.78, 5) is 22.5. The van der Waals surface area contributed by atoms with Crippen LogP contribution in [-0.2, 0) is 4.79 Å². The van der Waals surface area contributed by atoms with Crippen molar-refractivity contribution in [2.75, 3.05) is 6.54 Å². The molecule has 0 aliphatic carbocycles. The highest BCUT2D eigenvalue weighted by Gasteiger charge is 2.19. The minimum atomic E-state index is -1.34. The van der Waals surface area contributed by atoms with Crippen LogP contribution in [0.15, 0.2) is 24.3 Å². The molecule has 2 atom stereocenters. The Morgan fingerprint density at radius 2 is 1.95 bits per heavy atom. The van der Waals surface area contributed by atoms with Crippen molar-refractivity contribution in [1.29, 1.82) is 0 Å². The zero-order chi connectivity index (χ0) is 14.4. The molecule has 0 saturated heterocycles. The van der Waals surface area contributed by atoms with Crippen molar-refractivity contribution in [3.8, 4) is 0 Å². The van der Waals surface area contributed by atoms with Crippen LogP contribution in [0.25, 0.3) is 0 Å². The molecular formula is C13H16ClNO4. The number of nitrogens with two attached hydrogens (primary N) is 1. The van der Waals surface area contributed by atoms with Crippen LogP contribution in [0.5, 0.6) is 0 Å². The molecule has 0 saturated carbocycles. The number of hydrogen-bond donors (Lipinski definition) is 2. The van der Waals surface area contributed by atoms with Gasteiger partial charge in [-0.05, 0) is 31.2 Å². The predicted octanol–water partition coefficient (Wildman–Crippen LogP) is -1.02. The maximum absolute atomic E-state index is 11.8. The second-order valence-corrected chi connectivity index (χ2v) is 4.73. The molecule has 0 radical (unpaired) electrons. The third-order valence-corrected chi connectivity index (χ3v) is 3.00. The van der Waals surface area contributed by atoms with E-state index in [0.29, 0.717) is 10.6 Å². The number of aliphatic carboxylic acids is 1. The minimum absolute atomic E-state index is 0.101. The summed E-state index contributed by atoms with van der Waals surface area (Å²) < 4.78 is 0. The molecular weight excluding hydrogens is 270 g/mol. The molecule has 0 bridgehead atoms. The number of carbonyl (C=O) groups is 2. The lowest BCUT2D eigenvalue weighted by Gasteiger charge is -2.18. The van der Waals surface area contributed by atoms with Crippen LogP contribution in [0.4, 0.5) is 0 Å². The second-order valence-electron chi connectivity index (χ2n) is 4.29. The number of ketones is 1. The highest BCUT2D eigenvalue weighted by Crippen LogP contribution is 2.10. The van der Waals surface area contributed by atoms with Gasteiger partial charge in [-0.3, -0.25) is 4.79 Å². The number of carbonyl (C=O) groups excluding carboxylic acids is 2. The van der Waals surface area contributed by atoms with Gasteiger partial charge in [-0.1, -0.05) is 11.6 Å². The molecule has 1 aromatic rings. The maximum atomic E-state index is 11.8. The van der Waals surface area contributed by atoms with E-state index in [-0.39, 0.29) is 18.7 Å². The number of carboxylic acids is 1. The van der Waals surface area contributed by atoms with Crippen LogP contribution in [0.1, 0.15) is 23.7 Å². The fourth-order valence-corrected chi connectivity index (χ4v) is 1.79. The van der Waals surface area contributed by atoms with Gasteiger partial charge < -0.3 is 20.3 Å². The van der Waals surface area contributed by atoms with E-state index in [1.165, 1.54) is 12.2 Å². The lowest BCUT2D eigenvalue weighted by atomic mass is 10.1. The van der Waals surface area contributed by atoms with E-state index < -0.39 is 18.1 Å². The van der Waals surface area contributed by atoms with Gasteiger partial charge in [0, 0.05) is 10.6 Å². The lowest BCUT2D eigenvalue weighted by Crippen LogP contribution is -2.95. The number of benzene rings is 1. The summed E-state index contributed by atoms with van der Waals surface area (Å²) in [6.45, 7) is 1.64. The van der Waals surface area contributed by atoms with E-state index in [1.54, 1.807) is 24.3 Å². The van der Waals surface area contributed by atoms with Gasteiger partial charge in [-0.25, -0.2) is 0 Å². The Morgan fingerprint density at radius 3 is 2.42 bits per heavy atom. The van der Waals surface area contributed by atoms with Gasteiger partial charge in [-0.15, -0.1) is 0 Å². The second kappa shape index (κ2) is 7.23. The van der Waals surface area contributed by atoms with Gasteiger partial charge in [0.25, 0.3) is 0 Å². The normalized spacial score (nSPS) is 13.8. The number of quaternary nitrogens is 1. The minimum Gasteiger partial charge on any atom is -0.544 e. The van der Waals surface area contributed by atoms with Crippen LogP contribution in [0.3, 0.4) is 0 Å². The molecule has 6 heteroatoms. The van der Waals surface area contributed by atoms with Gasteiger partial charge in [-0.2, -0.15) is 0 Å². The summed E-state index contributed by atoms with van der Waals surface area (Å²) in [5.74, 6) is -1.44. The van der Waals surface area contributed by atoms with Crippen LogP contribution in [0, 0.1) is 0 Å². The Kier molecular flexibility index (Phi) is 5.95. The summed E-state index contributed by atoms with van der Waals surface area (Å²) in [5, 5.41) is 21.9. The van der Waals surface area contributed by atoms with E-state index in [4.69, 9.17) is 11.6 Å². The molecule has 0 aromatic heterocycles. The maximum Gasteiger partial charge on any atom is 0.168 e. The molecule has 19 heavy (non-hydrogen) atoms. The predicted molar refractivity (Wildman–Crippen MR) is 67.7 cm³/mol. The van der Waals surface area contributed by atoms with Gasteiger partial charge in [0.2, 0.25) is 0 Å². The van der Waals surface area contributed by atoms with E-state index in [0.717, 1.165) is 0 Å². The van der Waals surface area contributed by atoms with E-state index in [9.17, 15) is 19.8 Å². The largest absolute Gasteiger partial charge is 0.544 e. The molecule has 1 aromatic carbocycles. The molecule has 3 N–H and O–H groups in total. The Balaban J connectivity index is 2.46. The van der Waals surface area contributed by atoms with Gasteiger partial charge in [0.1, 0.15) is 12.1 Å². The first kappa shape index (κ1) is 15.6. The highest BCUT2D eigenvalue weighted by atomic mass is 35.5. The van der Waals surface area contributed by atoms with Crippen LogP contribution < -0.4 is 10.4 Å². The van der Waals surface area contributed by atoms with Crippen molar-refractivity contribution in [1.82, 2.24) is 0 Å². The third kappa shape index (κ3) is 4.98. The van der Waals surface area contributed by atoms with Gasteiger partial charge >= 0.3 is 0 Å². The Hall–Kier alpha value is -1.43. The Bertz CT molecular complexity index is 444. The summed E-state index contributed by atoms with van der Waals surface area (Å²) in [7, 11) is 0. The Morgan fingerprint density at radius 1 is 1.37 bits per heavy atom.